The van der Waals surface area contributed by atoms with Crippen LogP contribution in [-0.4, -0.2) is 34.5 Å². The lowest BCUT2D eigenvalue weighted by Gasteiger charge is -2.38. The first-order chi connectivity index (χ1) is 7.03. The van der Waals surface area contributed by atoms with E-state index in [0.29, 0.717) is 0 Å². The van der Waals surface area contributed by atoms with E-state index in [1.807, 2.05) is 13.8 Å². The largest absolute Gasteiger partial charge is 0.481 e. The van der Waals surface area contributed by atoms with E-state index >= 15 is 0 Å². The molecule has 2 atom stereocenters. The average molecular weight is 232 g/mol. The molecule has 4 heteroatoms. The fraction of sp³-hybridized carbons (Fsp3) is 0.917. The van der Waals surface area contributed by atoms with Crippen molar-refractivity contribution in [2.24, 2.45) is 11.8 Å². The number of carboxylic acids is 1. The number of aliphatic carboxylic acids is 1. The monoisotopic (exact) mass is 232 g/mol. The Labute approximate surface area is 97.6 Å². The maximum atomic E-state index is 11.2. The zero-order chi connectivity index (χ0) is 13.1. The van der Waals surface area contributed by atoms with Crippen molar-refractivity contribution in [2.75, 3.05) is 7.11 Å². The van der Waals surface area contributed by atoms with E-state index < -0.39 is 23.1 Å². The van der Waals surface area contributed by atoms with Crippen LogP contribution in [0, 0.1) is 11.8 Å². The van der Waals surface area contributed by atoms with Crippen LogP contribution in [0.3, 0.4) is 0 Å². The number of methoxy groups -OCH3 is 1. The van der Waals surface area contributed by atoms with Crippen molar-refractivity contribution < 1.29 is 19.7 Å². The Bertz CT molecular complexity index is 243. The fourth-order valence-electron chi connectivity index (χ4n) is 2.31. The van der Waals surface area contributed by atoms with Crippen molar-refractivity contribution in [2.45, 2.75) is 52.2 Å². The van der Waals surface area contributed by atoms with Gasteiger partial charge in [0.05, 0.1) is 17.1 Å². The molecule has 0 aliphatic carbocycles. The van der Waals surface area contributed by atoms with Crippen LogP contribution >= 0.6 is 0 Å². The van der Waals surface area contributed by atoms with Crippen molar-refractivity contribution in [3.63, 3.8) is 0 Å². The number of ether oxygens (including phenoxy) is 1. The molecule has 0 radical (unpaired) electrons. The first-order valence-electron chi connectivity index (χ1n) is 5.54. The summed E-state index contributed by atoms with van der Waals surface area (Å²) in [6.45, 7) is 8.83. The van der Waals surface area contributed by atoms with Crippen molar-refractivity contribution in [3.8, 4) is 0 Å². The molecule has 0 aromatic rings. The highest BCUT2D eigenvalue weighted by atomic mass is 16.5. The second kappa shape index (κ2) is 5.15. The second-order valence-corrected chi connectivity index (χ2v) is 5.56. The molecule has 0 aromatic carbocycles. The topological polar surface area (TPSA) is 66.8 Å². The zero-order valence-electron chi connectivity index (χ0n) is 11.1. The van der Waals surface area contributed by atoms with Crippen LogP contribution in [0.1, 0.15) is 41.0 Å². The Hall–Kier alpha value is -0.610. The molecule has 0 saturated carbocycles. The third-order valence-corrected chi connectivity index (χ3v) is 2.94. The van der Waals surface area contributed by atoms with E-state index in [0.717, 1.165) is 0 Å². The lowest BCUT2D eigenvalue weighted by atomic mass is 9.75. The lowest BCUT2D eigenvalue weighted by molar-refractivity contribution is -0.159. The molecule has 0 amide bonds. The van der Waals surface area contributed by atoms with Crippen LogP contribution in [0.25, 0.3) is 0 Å². The highest BCUT2D eigenvalue weighted by molar-refractivity contribution is 5.71. The van der Waals surface area contributed by atoms with Gasteiger partial charge in [-0.05, 0) is 26.7 Å². The van der Waals surface area contributed by atoms with Crippen LogP contribution in [0.2, 0.25) is 0 Å². The van der Waals surface area contributed by atoms with Gasteiger partial charge in [0.2, 0.25) is 0 Å². The molecule has 2 N–H and O–H groups in total. The molecule has 4 nitrogen and oxygen atoms in total. The average Bonchev–Trinajstić information content (AvgIpc) is 1.99. The quantitative estimate of drug-likeness (QED) is 0.734. The minimum Gasteiger partial charge on any atom is -0.481 e. The predicted molar refractivity (Wildman–Crippen MR) is 62.3 cm³/mol. The Kier molecular flexibility index (Phi) is 4.95. The summed E-state index contributed by atoms with van der Waals surface area (Å²) in [5.74, 6) is -1.88. The summed E-state index contributed by atoms with van der Waals surface area (Å²) in [5, 5.41) is 19.5. The van der Waals surface area contributed by atoms with Gasteiger partial charge < -0.3 is 14.9 Å². The van der Waals surface area contributed by atoms with Gasteiger partial charge in [-0.2, -0.15) is 0 Å². The van der Waals surface area contributed by atoms with Crippen molar-refractivity contribution in [1.82, 2.24) is 0 Å². The number of carbonyl (C=O) groups is 1. The Morgan fingerprint density at radius 1 is 1.31 bits per heavy atom. The highest BCUT2D eigenvalue weighted by Crippen LogP contribution is 2.33. The standard InChI is InChI=1S/C12H24O4/c1-8(2)9(10(13)14)12(5,15)7-11(3,4)16-6/h8-9,15H,7H2,1-6H3,(H,13,14). The number of hydrogen-bond donors (Lipinski definition) is 2. The summed E-state index contributed by atoms with van der Waals surface area (Å²) in [6.07, 6.45) is 0.283. The molecular weight excluding hydrogens is 208 g/mol. The fourth-order valence-corrected chi connectivity index (χ4v) is 2.31. The van der Waals surface area contributed by atoms with Gasteiger partial charge >= 0.3 is 5.97 Å². The van der Waals surface area contributed by atoms with Gasteiger partial charge in [0.1, 0.15) is 0 Å². The van der Waals surface area contributed by atoms with E-state index in [-0.39, 0.29) is 12.3 Å². The van der Waals surface area contributed by atoms with Gasteiger partial charge in [-0.1, -0.05) is 13.8 Å². The van der Waals surface area contributed by atoms with E-state index in [1.165, 1.54) is 0 Å². The van der Waals surface area contributed by atoms with Crippen molar-refractivity contribution >= 4 is 5.97 Å². The predicted octanol–water partition coefficient (Wildman–Crippen LogP) is 1.91. The van der Waals surface area contributed by atoms with E-state index in [4.69, 9.17) is 9.84 Å². The molecule has 0 fully saturated rings. The molecule has 0 aliphatic rings. The van der Waals surface area contributed by atoms with E-state index in [1.54, 1.807) is 27.9 Å². The first kappa shape index (κ1) is 15.4. The van der Waals surface area contributed by atoms with Crippen LogP contribution in [0.15, 0.2) is 0 Å². The normalized spacial score (nSPS) is 18.2. The van der Waals surface area contributed by atoms with Crippen molar-refractivity contribution in [3.05, 3.63) is 0 Å². The Balaban J connectivity index is 4.93. The van der Waals surface area contributed by atoms with Gasteiger partial charge in [0.25, 0.3) is 0 Å². The van der Waals surface area contributed by atoms with Gasteiger partial charge in [-0.25, -0.2) is 0 Å². The molecular formula is C12H24O4. The molecule has 0 spiro atoms. The SMILES string of the molecule is COC(C)(C)CC(C)(O)C(C(=O)O)C(C)C. The molecule has 0 aliphatic heterocycles. The molecule has 96 valence electrons. The van der Waals surface area contributed by atoms with E-state index in [9.17, 15) is 9.90 Å². The third kappa shape index (κ3) is 4.10. The van der Waals surface area contributed by atoms with Crippen LogP contribution in [0.4, 0.5) is 0 Å². The summed E-state index contributed by atoms with van der Waals surface area (Å²) >= 11 is 0. The number of rotatable bonds is 6. The smallest absolute Gasteiger partial charge is 0.309 e. The molecule has 16 heavy (non-hydrogen) atoms. The number of carboxylic acid groups (broad SMARTS) is 1. The molecule has 0 aromatic heterocycles. The highest BCUT2D eigenvalue weighted by Gasteiger charge is 2.43. The van der Waals surface area contributed by atoms with Crippen LogP contribution in [0.5, 0.6) is 0 Å². The minimum absolute atomic E-state index is 0.125. The molecule has 0 rings (SSSR count). The van der Waals surface area contributed by atoms with Gasteiger partial charge in [-0.3, -0.25) is 4.79 Å². The summed E-state index contributed by atoms with van der Waals surface area (Å²) < 4.78 is 5.23. The maximum Gasteiger partial charge on any atom is 0.309 e. The number of hydrogen-bond acceptors (Lipinski definition) is 3. The Morgan fingerprint density at radius 2 is 1.75 bits per heavy atom. The summed E-state index contributed by atoms with van der Waals surface area (Å²) in [4.78, 5) is 11.2. The molecule has 2 unspecified atom stereocenters. The third-order valence-electron chi connectivity index (χ3n) is 2.94. The van der Waals surface area contributed by atoms with Gasteiger partial charge in [-0.15, -0.1) is 0 Å². The van der Waals surface area contributed by atoms with E-state index in [2.05, 4.69) is 0 Å². The second-order valence-electron chi connectivity index (χ2n) is 5.56. The summed E-state index contributed by atoms with van der Waals surface area (Å²) in [6, 6.07) is 0. The number of aliphatic hydroxyl groups is 1. The van der Waals surface area contributed by atoms with Crippen LogP contribution in [-0.2, 0) is 9.53 Å². The zero-order valence-corrected chi connectivity index (χ0v) is 11.1. The molecule has 0 saturated heterocycles. The minimum atomic E-state index is -1.28. The molecule has 0 heterocycles. The van der Waals surface area contributed by atoms with Gasteiger partial charge in [0, 0.05) is 13.5 Å². The lowest BCUT2D eigenvalue weighted by Crippen LogP contribution is -2.47. The summed E-state index contributed by atoms with van der Waals surface area (Å²) in [7, 11) is 1.56. The van der Waals surface area contributed by atoms with Crippen molar-refractivity contribution in [1.29, 1.82) is 0 Å². The molecule has 0 bridgehead atoms. The Morgan fingerprint density at radius 3 is 2.00 bits per heavy atom. The summed E-state index contributed by atoms with van der Waals surface area (Å²) in [5.41, 5.74) is -1.81. The van der Waals surface area contributed by atoms with Crippen LogP contribution < -0.4 is 0 Å². The van der Waals surface area contributed by atoms with Gasteiger partial charge in [0.15, 0.2) is 0 Å². The maximum absolute atomic E-state index is 11.2. The first-order valence-corrected chi connectivity index (χ1v) is 5.54.